The van der Waals surface area contributed by atoms with Crippen LogP contribution in [0.2, 0.25) is 0 Å². The molecule has 0 spiro atoms. The molecule has 2 unspecified atom stereocenters. The molecule has 0 aliphatic carbocycles. The third-order valence-corrected chi connectivity index (χ3v) is 3.37. The summed E-state index contributed by atoms with van der Waals surface area (Å²) in [5, 5.41) is 2.12. The van der Waals surface area contributed by atoms with Crippen molar-refractivity contribution in [1.82, 2.24) is 5.32 Å². The molecule has 2 atom stereocenters. The Morgan fingerprint density at radius 1 is 1.26 bits per heavy atom. The second kappa shape index (κ2) is 4.68. The molecule has 6 heteroatoms. The van der Waals surface area contributed by atoms with Gasteiger partial charge < -0.3 is 0 Å². The zero-order chi connectivity index (χ0) is 14.2. The van der Waals surface area contributed by atoms with Crippen LogP contribution in [0.1, 0.15) is 30.4 Å². The largest absolute Gasteiger partial charge is 0.416 e. The zero-order valence-corrected chi connectivity index (χ0v) is 10.1. The van der Waals surface area contributed by atoms with Gasteiger partial charge in [0.1, 0.15) is 0 Å². The summed E-state index contributed by atoms with van der Waals surface area (Å²) >= 11 is 0. The summed E-state index contributed by atoms with van der Waals surface area (Å²) in [4.78, 5) is 22.7. The van der Waals surface area contributed by atoms with E-state index in [1.165, 1.54) is 25.1 Å². The van der Waals surface area contributed by atoms with E-state index in [2.05, 4.69) is 5.32 Å². The number of hydrogen-bond donors (Lipinski definition) is 1. The van der Waals surface area contributed by atoms with Crippen LogP contribution in [0.3, 0.4) is 0 Å². The molecule has 1 heterocycles. The van der Waals surface area contributed by atoms with Crippen LogP contribution in [0.15, 0.2) is 24.3 Å². The summed E-state index contributed by atoms with van der Waals surface area (Å²) < 4.78 is 38.7. The molecule has 19 heavy (non-hydrogen) atoms. The first-order chi connectivity index (χ1) is 8.80. The van der Waals surface area contributed by atoms with Crippen LogP contribution in [-0.2, 0) is 15.8 Å². The maximum atomic E-state index is 12.9. The Balaban J connectivity index is 2.37. The van der Waals surface area contributed by atoms with Crippen molar-refractivity contribution in [1.29, 1.82) is 0 Å². The summed E-state index contributed by atoms with van der Waals surface area (Å²) in [7, 11) is 0. The van der Waals surface area contributed by atoms with Gasteiger partial charge in [0.2, 0.25) is 11.8 Å². The van der Waals surface area contributed by atoms with E-state index < -0.39 is 35.4 Å². The van der Waals surface area contributed by atoms with Crippen molar-refractivity contribution < 1.29 is 22.8 Å². The summed E-state index contributed by atoms with van der Waals surface area (Å²) in [6.07, 6.45) is -4.53. The van der Waals surface area contributed by atoms with Gasteiger partial charge in [-0.1, -0.05) is 25.1 Å². The van der Waals surface area contributed by atoms with Crippen molar-refractivity contribution in [3.05, 3.63) is 35.4 Å². The summed E-state index contributed by atoms with van der Waals surface area (Å²) in [5.41, 5.74) is -0.709. The Bertz CT molecular complexity index is 525. The highest BCUT2D eigenvalue weighted by molar-refractivity contribution is 6.03. The van der Waals surface area contributed by atoms with Crippen LogP contribution >= 0.6 is 0 Å². The quantitative estimate of drug-likeness (QED) is 0.840. The Morgan fingerprint density at radius 2 is 1.89 bits per heavy atom. The lowest BCUT2D eigenvalue weighted by atomic mass is 9.84. The number of rotatable bonds is 2. The number of alkyl halides is 3. The summed E-state index contributed by atoms with van der Waals surface area (Å²) in [6.45, 7) is 1.54. The monoisotopic (exact) mass is 271 g/mol. The molecular formula is C13H12F3NO2. The minimum atomic E-state index is -4.47. The van der Waals surface area contributed by atoms with Crippen molar-refractivity contribution >= 4 is 11.8 Å². The molecule has 1 N–H and O–H groups in total. The normalized spacial score (nSPS) is 21.4. The molecule has 1 aromatic carbocycles. The summed E-state index contributed by atoms with van der Waals surface area (Å²) in [6, 6.07) is 5.14. The van der Waals surface area contributed by atoms with Gasteiger partial charge in [-0.05, 0) is 17.5 Å². The lowest BCUT2D eigenvalue weighted by molar-refractivity contribution is -0.139. The molecular weight excluding hydrogens is 259 g/mol. The van der Waals surface area contributed by atoms with E-state index >= 15 is 0 Å². The topological polar surface area (TPSA) is 46.2 Å². The van der Waals surface area contributed by atoms with Crippen LogP contribution in [0.5, 0.6) is 0 Å². The van der Waals surface area contributed by atoms with Gasteiger partial charge in [0.05, 0.1) is 11.5 Å². The smallest absolute Gasteiger partial charge is 0.296 e. The van der Waals surface area contributed by atoms with Crippen molar-refractivity contribution in [2.24, 2.45) is 5.92 Å². The molecule has 2 rings (SSSR count). The fourth-order valence-corrected chi connectivity index (χ4v) is 2.35. The standard InChI is InChI=1S/C13H12F3NO2/c1-7(9-6-11(18)17-12(9)19)8-4-2-3-5-10(8)13(14,15)16/h2-5,7,9H,6H2,1H3,(H,17,18,19). The van der Waals surface area contributed by atoms with Crippen molar-refractivity contribution in [2.45, 2.75) is 25.4 Å². The third-order valence-electron chi connectivity index (χ3n) is 3.37. The molecule has 1 fully saturated rings. The Labute approximate surface area is 107 Å². The Kier molecular flexibility index (Phi) is 3.34. The molecule has 1 aliphatic rings. The molecule has 102 valence electrons. The van der Waals surface area contributed by atoms with E-state index in [1.54, 1.807) is 0 Å². The summed E-state index contributed by atoms with van der Waals surface area (Å²) in [5.74, 6) is -2.35. The number of imide groups is 1. The zero-order valence-electron chi connectivity index (χ0n) is 10.1. The molecule has 1 aliphatic heterocycles. The first kappa shape index (κ1) is 13.6. The number of benzene rings is 1. The average Bonchev–Trinajstić information content (AvgIpc) is 2.66. The molecule has 1 saturated heterocycles. The first-order valence-corrected chi connectivity index (χ1v) is 5.80. The maximum Gasteiger partial charge on any atom is 0.416 e. The Morgan fingerprint density at radius 3 is 2.42 bits per heavy atom. The SMILES string of the molecule is CC(c1ccccc1C(F)(F)F)C1CC(=O)NC1=O. The number of nitrogens with one attached hydrogen (secondary N) is 1. The fourth-order valence-electron chi connectivity index (χ4n) is 2.35. The first-order valence-electron chi connectivity index (χ1n) is 5.80. The number of carbonyl (C=O) groups is 2. The van der Waals surface area contributed by atoms with Gasteiger partial charge in [-0.15, -0.1) is 0 Å². The van der Waals surface area contributed by atoms with Crippen molar-refractivity contribution in [2.75, 3.05) is 0 Å². The third kappa shape index (κ3) is 2.62. The molecule has 0 saturated carbocycles. The molecule has 0 radical (unpaired) electrons. The van der Waals surface area contributed by atoms with Gasteiger partial charge in [-0.2, -0.15) is 13.2 Å². The fraction of sp³-hybridized carbons (Fsp3) is 0.385. The van der Waals surface area contributed by atoms with Crippen LogP contribution in [0.4, 0.5) is 13.2 Å². The molecule has 0 aromatic heterocycles. The van der Waals surface area contributed by atoms with Crippen LogP contribution in [0, 0.1) is 5.92 Å². The number of halogens is 3. The highest BCUT2D eigenvalue weighted by atomic mass is 19.4. The van der Waals surface area contributed by atoms with Gasteiger partial charge in [0, 0.05) is 6.42 Å². The van der Waals surface area contributed by atoms with Gasteiger partial charge in [-0.25, -0.2) is 0 Å². The van der Waals surface area contributed by atoms with Gasteiger partial charge >= 0.3 is 6.18 Å². The van der Waals surface area contributed by atoms with E-state index in [0.29, 0.717) is 0 Å². The van der Waals surface area contributed by atoms with Gasteiger partial charge in [-0.3, -0.25) is 14.9 Å². The maximum absolute atomic E-state index is 12.9. The van der Waals surface area contributed by atoms with E-state index in [1.807, 2.05) is 0 Å². The van der Waals surface area contributed by atoms with Crippen LogP contribution < -0.4 is 5.32 Å². The highest BCUT2D eigenvalue weighted by Crippen LogP contribution is 2.38. The second-order valence-corrected chi connectivity index (χ2v) is 4.60. The second-order valence-electron chi connectivity index (χ2n) is 4.60. The number of carbonyl (C=O) groups excluding carboxylic acids is 2. The molecule has 1 aromatic rings. The molecule has 2 amide bonds. The molecule has 3 nitrogen and oxygen atoms in total. The van der Waals surface area contributed by atoms with E-state index in [-0.39, 0.29) is 12.0 Å². The predicted molar refractivity (Wildman–Crippen MR) is 61.1 cm³/mol. The van der Waals surface area contributed by atoms with E-state index in [9.17, 15) is 22.8 Å². The van der Waals surface area contributed by atoms with E-state index in [4.69, 9.17) is 0 Å². The number of hydrogen-bond acceptors (Lipinski definition) is 2. The lowest BCUT2D eigenvalue weighted by Gasteiger charge is -2.21. The predicted octanol–water partition coefficient (Wildman–Crippen LogP) is 2.47. The molecule has 0 bridgehead atoms. The lowest BCUT2D eigenvalue weighted by Crippen LogP contribution is -2.25. The Hall–Kier alpha value is -1.85. The number of amides is 2. The van der Waals surface area contributed by atoms with Crippen LogP contribution in [0.25, 0.3) is 0 Å². The highest BCUT2D eigenvalue weighted by Gasteiger charge is 2.40. The average molecular weight is 271 g/mol. The van der Waals surface area contributed by atoms with Crippen LogP contribution in [-0.4, -0.2) is 11.8 Å². The van der Waals surface area contributed by atoms with Gasteiger partial charge in [0.15, 0.2) is 0 Å². The van der Waals surface area contributed by atoms with Crippen molar-refractivity contribution in [3.63, 3.8) is 0 Å². The van der Waals surface area contributed by atoms with Crippen molar-refractivity contribution in [3.8, 4) is 0 Å². The minimum Gasteiger partial charge on any atom is -0.296 e. The minimum absolute atomic E-state index is 0.0462. The van der Waals surface area contributed by atoms with E-state index in [0.717, 1.165) is 6.07 Å². The van der Waals surface area contributed by atoms with Gasteiger partial charge in [0.25, 0.3) is 0 Å².